The van der Waals surface area contributed by atoms with Crippen LogP contribution in [0.4, 0.5) is 0 Å². The highest BCUT2D eigenvalue weighted by Crippen LogP contribution is 2.17. The third kappa shape index (κ3) is 3.75. The molecule has 0 saturated heterocycles. The van der Waals surface area contributed by atoms with Crippen molar-refractivity contribution in [3.8, 4) is 0 Å². The molecule has 1 heterocycles. The summed E-state index contributed by atoms with van der Waals surface area (Å²) in [5.74, 6) is 0.576. The van der Waals surface area contributed by atoms with Gasteiger partial charge in [0, 0.05) is 13.7 Å². The fourth-order valence-electron chi connectivity index (χ4n) is 1.50. The maximum atomic E-state index is 11.7. The second-order valence-electron chi connectivity index (χ2n) is 3.50. The fourth-order valence-corrected chi connectivity index (χ4v) is 1.91. The highest BCUT2D eigenvalue weighted by atomic mass is 127. The zero-order valence-electron chi connectivity index (χ0n) is 10.2. The molecule has 0 aromatic carbocycles. The Labute approximate surface area is 114 Å². The van der Waals surface area contributed by atoms with E-state index in [1.54, 1.807) is 7.11 Å². The molecule has 0 amide bonds. The lowest BCUT2D eigenvalue weighted by atomic mass is 10.2. The van der Waals surface area contributed by atoms with Crippen molar-refractivity contribution < 1.29 is 9.47 Å². The molecule has 0 aliphatic carbocycles. The van der Waals surface area contributed by atoms with Gasteiger partial charge in [0.05, 0.1) is 12.3 Å². The van der Waals surface area contributed by atoms with Gasteiger partial charge in [0.15, 0.2) is 0 Å². The third-order valence-electron chi connectivity index (χ3n) is 2.27. The van der Waals surface area contributed by atoms with Crippen molar-refractivity contribution in [1.82, 2.24) is 9.97 Å². The summed E-state index contributed by atoms with van der Waals surface area (Å²) < 4.78 is 11.1. The molecule has 1 aromatic rings. The largest absolute Gasteiger partial charge is 0.378 e. The smallest absolute Gasteiger partial charge is 0.264 e. The van der Waals surface area contributed by atoms with E-state index >= 15 is 0 Å². The molecule has 1 unspecified atom stereocenters. The van der Waals surface area contributed by atoms with E-state index in [4.69, 9.17) is 9.47 Å². The van der Waals surface area contributed by atoms with Gasteiger partial charge in [-0.1, -0.05) is 6.92 Å². The Kier molecular flexibility index (Phi) is 6.07. The highest BCUT2D eigenvalue weighted by molar-refractivity contribution is 14.1. The zero-order chi connectivity index (χ0) is 12.8. The fraction of sp³-hybridized carbons (Fsp3) is 0.636. The maximum absolute atomic E-state index is 11.7. The number of methoxy groups -OCH3 is 1. The topological polar surface area (TPSA) is 64.2 Å². The van der Waals surface area contributed by atoms with Crippen molar-refractivity contribution >= 4 is 22.6 Å². The molecule has 0 bridgehead atoms. The Morgan fingerprint density at radius 3 is 2.71 bits per heavy atom. The summed E-state index contributed by atoms with van der Waals surface area (Å²) in [5, 5.41) is 0. The average molecular weight is 352 g/mol. The minimum atomic E-state index is -0.166. The number of aromatic amines is 1. The van der Waals surface area contributed by atoms with Crippen molar-refractivity contribution in [2.24, 2.45) is 0 Å². The van der Waals surface area contributed by atoms with E-state index in [1.165, 1.54) is 0 Å². The Morgan fingerprint density at radius 1 is 1.47 bits per heavy atom. The Hall–Kier alpha value is -0.470. The summed E-state index contributed by atoms with van der Waals surface area (Å²) in [4.78, 5) is 18.9. The molecule has 1 atom stereocenters. The van der Waals surface area contributed by atoms with Crippen molar-refractivity contribution in [2.45, 2.75) is 33.0 Å². The second kappa shape index (κ2) is 7.07. The number of nitrogens with one attached hydrogen (secondary N) is 1. The number of nitrogens with zero attached hydrogens (tertiary/aromatic N) is 1. The molecule has 0 radical (unpaired) electrons. The van der Waals surface area contributed by atoms with Crippen LogP contribution in [-0.4, -0.2) is 23.7 Å². The normalized spacial score (nSPS) is 12.7. The van der Waals surface area contributed by atoms with Crippen molar-refractivity contribution in [3.05, 3.63) is 25.4 Å². The summed E-state index contributed by atoms with van der Waals surface area (Å²) in [6.07, 6.45) is 0.601. The first kappa shape index (κ1) is 14.6. The first-order chi connectivity index (χ1) is 8.13. The van der Waals surface area contributed by atoms with Gasteiger partial charge in [-0.05, 0) is 35.9 Å². The molecular formula is C11H17IN2O3. The van der Waals surface area contributed by atoms with E-state index in [2.05, 4.69) is 9.97 Å². The zero-order valence-corrected chi connectivity index (χ0v) is 12.4. The average Bonchev–Trinajstić information content (AvgIpc) is 2.32. The minimum Gasteiger partial charge on any atom is -0.378 e. The molecule has 1 aromatic heterocycles. The number of hydrogen-bond donors (Lipinski definition) is 1. The van der Waals surface area contributed by atoms with Crippen LogP contribution in [0.5, 0.6) is 0 Å². The molecule has 1 N–H and O–H groups in total. The lowest BCUT2D eigenvalue weighted by Crippen LogP contribution is -2.21. The van der Waals surface area contributed by atoms with E-state index in [0.29, 0.717) is 28.3 Å². The third-order valence-corrected chi connectivity index (χ3v) is 3.39. The molecule has 17 heavy (non-hydrogen) atoms. The molecule has 0 aliphatic rings. The number of hydrogen-bond acceptors (Lipinski definition) is 4. The Bertz CT molecular complexity index is 420. The van der Waals surface area contributed by atoms with Crippen LogP contribution in [0, 0.1) is 3.57 Å². The van der Waals surface area contributed by atoms with Crippen LogP contribution in [-0.2, 0) is 16.1 Å². The van der Waals surface area contributed by atoms with Gasteiger partial charge in [-0.2, -0.15) is 0 Å². The van der Waals surface area contributed by atoms with Crippen LogP contribution in [0.25, 0.3) is 0 Å². The molecule has 0 aliphatic heterocycles. The Morgan fingerprint density at radius 2 is 2.18 bits per heavy atom. The van der Waals surface area contributed by atoms with Crippen molar-refractivity contribution in [1.29, 1.82) is 0 Å². The van der Waals surface area contributed by atoms with Gasteiger partial charge in [0.25, 0.3) is 5.56 Å². The second-order valence-corrected chi connectivity index (χ2v) is 4.58. The number of ether oxygens (including phenoxy) is 2. The van der Waals surface area contributed by atoms with Crippen molar-refractivity contribution in [2.75, 3.05) is 13.7 Å². The summed E-state index contributed by atoms with van der Waals surface area (Å²) in [6.45, 7) is 4.84. The van der Waals surface area contributed by atoms with Crippen LogP contribution in [0.1, 0.15) is 37.9 Å². The van der Waals surface area contributed by atoms with Gasteiger partial charge in [-0.25, -0.2) is 4.98 Å². The SMILES string of the molecule is CCOC(CC)c1nc(COC)c(I)c(=O)[nH]1. The summed E-state index contributed by atoms with van der Waals surface area (Å²) in [6, 6.07) is 0. The number of halogens is 1. The first-order valence-electron chi connectivity index (χ1n) is 5.53. The quantitative estimate of drug-likeness (QED) is 0.796. The van der Waals surface area contributed by atoms with Crippen LogP contribution in [0.2, 0.25) is 0 Å². The van der Waals surface area contributed by atoms with Crippen molar-refractivity contribution in [3.63, 3.8) is 0 Å². The molecule has 0 saturated carbocycles. The minimum absolute atomic E-state index is 0.138. The number of rotatable bonds is 6. The predicted molar refractivity (Wildman–Crippen MR) is 72.9 cm³/mol. The Balaban J connectivity index is 3.12. The van der Waals surface area contributed by atoms with E-state index in [-0.39, 0.29) is 11.7 Å². The predicted octanol–water partition coefficient (Wildman–Crippen LogP) is 2.01. The van der Waals surface area contributed by atoms with Crippen LogP contribution >= 0.6 is 22.6 Å². The van der Waals surface area contributed by atoms with E-state index < -0.39 is 0 Å². The maximum Gasteiger partial charge on any atom is 0.264 e. The molecular weight excluding hydrogens is 335 g/mol. The molecule has 0 fully saturated rings. The van der Waals surface area contributed by atoms with Gasteiger partial charge in [0.2, 0.25) is 0 Å². The van der Waals surface area contributed by atoms with E-state index in [9.17, 15) is 4.79 Å². The highest BCUT2D eigenvalue weighted by Gasteiger charge is 2.15. The lowest BCUT2D eigenvalue weighted by Gasteiger charge is -2.15. The van der Waals surface area contributed by atoms with Gasteiger partial charge >= 0.3 is 0 Å². The van der Waals surface area contributed by atoms with Crippen LogP contribution in [0.3, 0.4) is 0 Å². The summed E-state index contributed by atoms with van der Waals surface area (Å²) in [7, 11) is 1.58. The number of H-pyrrole nitrogens is 1. The lowest BCUT2D eigenvalue weighted by molar-refractivity contribution is 0.0527. The van der Waals surface area contributed by atoms with Gasteiger partial charge in [-0.3, -0.25) is 4.79 Å². The summed E-state index contributed by atoms with van der Waals surface area (Å²) in [5.41, 5.74) is 0.519. The van der Waals surface area contributed by atoms with Crippen LogP contribution in [0.15, 0.2) is 4.79 Å². The van der Waals surface area contributed by atoms with E-state index in [0.717, 1.165) is 6.42 Å². The standard InChI is InChI=1S/C11H17IN2O3/c1-4-8(17-5-2)10-13-7(6-16-3)9(12)11(15)14-10/h8H,4-6H2,1-3H3,(H,13,14,15). The van der Waals surface area contributed by atoms with E-state index in [1.807, 2.05) is 36.4 Å². The monoisotopic (exact) mass is 352 g/mol. The molecule has 1 rings (SSSR count). The first-order valence-corrected chi connectivity index (χ1v) is 6.61. The van der Waals surface area contributed by atoms with Crippen LogP contribution < -0.4 is 5.56 Å². The molecule has 6 heteroatoms. The molecule has 0 spiro atoms. The summed E-state index contributed by atoms with van der Waals surface area (Å²) >= 11 is 1.97. The molecule has 5 nitrogen and oxygen atoms in total. The van der Waals surface area contributed by atoms with Gasteiger partial charge < -0.3 is 14.5 Å². The van der Waals surface area contributed by atoms with Gasteiger partial charge in [-0.15, -0.1) is 0 Å². The van der Waals surface area contributed by atoms with Gasteiger partial charge in [0.1, 0.15) is 15.5 Å². The number of aromatic nitrogens is 2. The molecule has 96 valence electrons.